The highest BCUT2D eigenvalue weighted by atomic mass is 14.9. The largest absolute Gasteiger partial charge is 0.386 e. The number of hydrogen-bond donors (Lipinski definition) is 2. The van der Waals surface area contributed by atoms with Gasteiger partial charge in [0, 0.05) is 12.7 Å². The van der Waals surface area contributed by atoms with Crippen molar-refractivity contribution in [2.24, 2.45) is 5.11 Å². The Balaban J connectivity index is 2.33. The molecule has 0 saturated heterocycles. The number of nitrogens with zero attached hydrogens (tertiary/aromatic N) is 1. The van der Waals surface area contributed by atoms with Crippen LogP contribution >= 0.6 is 0 Å². The van der Waals surface area contributed by atoms with Crippen LogP contribution in [-0.4, -0.2) is 0 Å². The van der Waals surface area contributed by atoms with Gasteiger partial charge < -0.3 is 5.32 Å². The van der Waals surface area contributed by atoms with E-state index >= 15 is 0 Å². The first-order chi connectivity index (χ1) is 5.93. The SMILES string of the molecule is N=N/C=C\NCc1ccccc1. The average Bonchev–Trinajstić information content (AvgIpc) is 2.14. The minimum Gasteiger partial charge on any atom is -0.386 e. The number of nitrogens with one attached hydrogen (secondary N) is 2. The Labute approximate surface area is 71.6 Å². The predicted octanol–water partition coefficient (Wildman–Crippen LogP) is 2.28. The molecule has 0 atom stereocenters. The second-order valence-electron chi connectivity index (χ2n) is 2.31. The summed E-state index contributed by atoms with van der Waals surface area (Å²) in [5.74, 6) is 0. The van der Waals surface area contributed by atoms with Crippen LogP contribution < -0.4 is 5.32 Å². The minimum atomic E-state index is 0.771. The first kappa shape index (κ1) is 8.46. The van der Waals surface area contributed by atoms with Crippen LogP contribution in [-0.2, 0) is 6.54 Å². The highest BCUT2D eigenvalue weighted by Gasteiger charge is 1.85. The molecule has 0 aromatic heterocycles. The van der Waals surface area contributed by atoms with Crippen molar-refractivity contribution in [1.82, 2.24) is 5.32 Å². The summed E-state index contributed by atoms with van der Waals surface area (Å²) in [5.41, 5.74) is 7.70. The summed E-state index contributed by atoms with van der Waals surface area (Å²) in [6.07, 6.45) is 3.06. The molecule has 62 valence electrons. The molecule has 0 spiro atoms. The fourth-order valence-electron chi connectivity index (χ4n) is 0.863. The van der Waals surface area contributed by atoms with Gasteiger partial charge in [-0.3, -0.25) is 0 Å². The molecule has 2 N–H and O–H groups in total. The second kappa shape index (κ2) is 5.07. The van der Waals surface area contributed by atoms with Crippen molar-refractivity contribution in [2.45, 2.75) is 6.54 Å². The maximum absolute atomic E-state index is 6.48. The molecule has 0 aliphatic rings. The van der Waals surface area contributed by atoms with Crippen molar-refractivity contribution in [3.8, 4) is 0 Å². The van der Waals surface area contributed by atoms with E-state index < -0.39 is 0 Å². The third-order valence-electron chi connectivity index (χ3n) is 1.42. The van der Waals surface area contributed by atoms with Crippen molar-refractivity contribution >= 4 is 0 Å². The average molecular weight is 161 g/mol. The molecule has 0 saturated carbocycles. The third-order valence-corrected chi connectivity index (χ3v) is 1.42. The molecule has 1 aromatic carbocycles. The van der Waals surface area contributed by atoms with Crippen LogP contribution in [0.2, 0.25) is 0 Å². The quantitative estimate of drug-likeness (QED) is 0.654. The monoisotopic (exact) mass is 161 g/mol. The lowest BCUT2D eigenvalue weighted by molar-refractivity contribution is 0.864. The van der Waals surface area contributed by atoms with E-state index in [2.05, 4.69) is 10.4 Å². The summed E-state index contributed by atoms with van der Waals surface area (Å²) in [6.45, 7) is 0.771. The van der Waals surface area contributed by atoms with Gasteiger partial charge in [0.2, 0.25) is 0 Å². The fraction of sp³-hybridized carbons (Fsp3) is 0.111. The lowest BCUT2D eigenvalue weighted by atomic mass is 10.2. The van der Waals surface area contributed by atoms with Gasteiger partial charge in [0.1, 0.15) is 0 Å². The van der Waals surface area contributed by atoms with E-state index in [1.807, 2.05) is 30.3 Å². The Kier molecular flexibility index (Phi) is 3.57. The number of hydrogen-bond acceptors (Lipinski definition) is 3. The first-order valence-electron chi connectivity index (χ1n) is 3.72. The maximum Gasteiger partial charge on any atom is 0.0645 e. The van der Waals surface area contributed by atoms with Gasteiger partial charge in [0.15, 0.2) is 0 Å². The van der Waals surface area contributed by atoms with Crippen molar-refractivity contribution in [3.63, 3.8) is 0 Å². The summed E-state index contributed by atoms with van der Waals surface area (Å²) in [6, 6.07) is 10.1. The van der Waals surface area contributed by atoms with Crippen molar-refractivity contribution in [3.05, 3.63) is 48.3 Å². The Morgan fingerprint density at radius 1 is 1.33 bits per heavy atom. The number of rotatable bonds is 4. The molecule has 0 amide bonds. The van der Waals surface area contributed by atoms with Crippen LogP contribution in [0.1, 0.15) is 5.56 Å². The first-order valence-corrected chi connectivity index (χ1v) is 3.72. The Morgan fingerprint density at radius 2 is 2.08 bits per heavy atom. The molecule has 1 rings (SSSR count). The van der Waals surface area contributed by atoms with Gasteiger partial charge in [-0.15, -0.1) is 0 Å². The summed E-state index contributed by atoms with van der Waals surface area (Å²) in [7, 11) is 0. The molecular formula is C9H11N3. The van der Waals surface area contributed by atoms with E-state index in [4.69, 9.17) is 5.53 Å². The van der Waals surface area contributed by atoms with Gasteiger partial charge >= 0.3 is 0 Å². The molecule has 0 aliphatic carbocycles. The topological polar surface area (TPSA) is 48.2 Å². The third kappa shape index (κ3) is 2.96. The summed E-state index contributed by atoms with van der Waals surface area (Å²) in [4.78, 5) is 0. The van der Waals surface area contributed by atoms with E-state index in [1.54, 1.807) is 6.20 Å². The van der Waals surface area contributed by atoms with Gasteiger partial charge in [0.05, 0.1) is 6.20 Å². The number of benzene rings is 1. The van der Waals surface area contributed by atoms with E-state index in [9.17, 15) is 0 Å². The fourth-order valence-corrected chi connectivity index (χ4v) is 0.863. The van der Waals surface area contributed by atoms with Crippen LogP contribution in [0, 0.1) is 5.53 Å². The lowest BCUT2D eigenvalue weighted by Crippen LogP contribution is -2.03. The van der Waals surface area contributed by atoms with Crippen molar-refractivity contribution in [1.29, 1.82) is 5.53 Å². The molecule has 12 heavy (non-hydrogen) atoms. The lowest BCUT2D eigenvalue weighted by Gasteiger charge is -1.98. The minimum absolute atomic E-state index is 0.771. The molecule has 3 heteroatoms. The maximum atomic E-state index is 6.48. The zero-order valence-electron chi connectivity index (χ0n) is 6.70. The molecule has 0 radical (unpaired) electrons. The Hall–Kier alpha value is -1.64. The van der Waals surface area contributed by atoms with Gasteiger partial charge in [-0.05, 0) is 5.56 Å². The highest BCUT2D eigenvalue weighted by Crippen LogP contribution is 1.96. The smallest absolute Gasteiger partial charge is 0.0645 e. The normalized spacial score (nSPS) is 10.0. The van der Waals surface area contributed by atoms with Gasteiger partial charge in [-0.2, -0.15) is 5.11 Å². The van der Waals surface area contributed by atoms with E-state index in [1.165, 1.54) is 11.8 Å². The Morgan fingerprint density at radius 3 is 2.75 bits per heavy atom. The van der Waals surface area contributed by atoms with Gasteiger partial charge in [-0.1, -0.05) is 30.3 Å². The molecule has 0 fully saturated rings. The van der Waals surface area contributed by atoms with E-state index in [0.717, 1.165) is 6.54 Å². The zero-order chi connectivity index (χ0) is 8.65. The van der Waals surface area contributed by atoms with Crippen LogP contribution in [0.15, 0.2) is 47.8 Å². The standard InChI is InChI=1S/C9H11N3/c10-12-7-6-11-8-9-4-2-1-3-5-9/h1-7,10-11H,8H2/b7-6-,12-10?. The molecule has 0 bridgehead atoms. The highest BCUT2D eigenvalue weighted by molar-refractivity contribution is 5.14. The second-order valence-corrected chi connectivity index (χ2v) is 2.31. The van der Waals surface area contributed by atoms with Crippen LogP contribution in [0.25, 0.3) is 0 Å². The summed E-state index contributed by atoms with van der Waals surface area (Å²) in [5, 5.41) is 6.08. The molecule has 0 heterocycles. The molecule has 0 aliphatic heterocycles. The molecule has 0 unspecified atom stereocenters. The summed E-state index contributed by atoms with van der Waals surface area (Å²) >= 11 is 0. The van der Waals surface area contributed by atoms with Crippen molar-refractivity contribution in [2.75, 3.05) is 0 Å². The molecule has 3 nitrogen and oxygen atoms in total. The van der Waals surface area contributed by atoms with Gasteiger partial charge in [-0.25, -0.2) is 5.53 Å². The van der Waals surface area contributed by atoms with Crippen LogP contribution in [0.4, 0.5) is 0 Å². The zero-order valence-corrected chi connectivity index (χ0v) is 6.70. The van der Waals surface area contributed by atoms with Gasteiger partial charge in [0.25, 0.3) is 0 Å². The molecular weight excluding hydrogens is 150 g/mol. The van der Waals surface area contributed by atoms with E-state index in [-0.39, 0.29) is 0 Å². The molecule has 1 aromatic rings. The van der Waals surface area contributed by atoms with Crippen molar-refractivity contribution < 1.29 is 0 Å². The predicted molar refractivity (Wildman–Crippen MR) is 47.6 cm³/mol. The van der Waals surface area contributed by atoms with E-state index in [0.29, 0.717) is 0 Å². The van der Waals surface area contributed by atoms with Crippen LogP contribution in [0.3, 0.4) is 0 Å². The summed E-state index contributed by atoms with van der Waals surface area (Å²) < 4.78 is 0. The Bertz CT molecular complexity index is 254. The van der Waals surface area contributed by atoms with Crippen LogP contribution in [0.5, 0.6) is 0 Å².